The number of carbonyl (C=O) groups is 2. The largest absolute Gasteiger partial charge is 0.360 e. The van der Waals surface area contributed by atoms with Crippen LogP contribution in [-0.2, 0) is 9.59 Å². The molecule has 2 amide bonds. The smallest absolute Gasteiger partial charge is 0.235 e. The fourth-order valence-electron chi connectivity index (χ4n) is 1.95. The van der Waals surface area contributed by atoms with Gasteiger partial charge in [0.05, 0.1) is 17.5 Å². The topological polar surface area (TPSA) is 84.2 Å². The van der Waals surface area contributed by atoms with Crippen molar-refractivity contribution in [1.29, 1.82) is 0 Å². The predicted molar refractivity (Wildman–Crippen MR) is 90.2 cm³/mol. The number of rotatable bonds is 7. The van der Waals surface area contributed by atoms with Gasteiger partial charge in [-0.05, 0) is 19.4 Å². The SMILES string of the molecule is Cc1cc(NC(=O)CSCC(=O)N[C@@H](C)c2ccccc2)no1. The van der Waals surface area contributed by atoms with Gasteiger partial charge in [-0.2, -0.15) is 0 Å². The van der Waals surface area contributed by atoms with Gasteiger partial charge in [-0.15, -0.1) is 11.8 Å². The number of anilines is 1. The van der Waals surface area contributed by atoms with Gasteiger partial charge in [0.15, 0.2) is 5.82 Å². The maximum Gasteiger partial charge on any atom is 0.235 e. The molecule has 23 heavy (non-hydrogen) atoms. The number of hydrogen-bond donors (Lipinski definition) is 2. The fraction of sp³-hybridized carbons (Fsp3) is 0.312. The van der Waals surface area contributed by atoms with Gasteiger partial charge in [-0.1, -0.05) is 35.5 Å². The molecule has 2 N–H and O–H groups in total. The van der Waals surface area contributed by atoms with E-state index in [0.717, 1.165) is 5.56 Å². The van der Waals surface area contributed by atoms with Gasteiger partial charge in [0.25, 0.3) is 0 Å². The van der Waals surface area contributed by atoms with Gasteiger partial charge in [0, 0.05) is 6.07 Å². The van der Waals surface area contributed by atoms with E-state index >= 15 is 0 Å². The van der Waals surface area contributed by atoms with Gasteiger partial charge in [-0.3, -0.25) is 9.59 Å². The molecule has 2 aromatic rings. The first-order chi connectivity index (χ1) is 11.0. The first kappa shape index (κ1) is 17.1. The Kier molecular flexibility index (Phi) is 6.22. The van der Waals surface area contributed by atoms with Gasteiger partial charge in [0.1, 0.15) is 5.76 Å². The third-order valence-electron chi connectivity index (χ3n) is 3.04. The van der Waals surface area contributed by atoms with Crippen LogP contribution < -0.4 is 10.6 Å². The van der Waals surface area contributed by atoms with E-state index < -0.39 is 0 Å². The maximum atomic E-state index is 11.9. The minimum atomic E-state index is -0.216. The van der Waals surface area contributed by atoms with E-state index in [1.165, 1.54) is 11.8 Å². The molecule has 7 heteroatoms. The van der Waals surface area contributed by atoms with Crippen molar-refractivity contribution >= 4 is 29.4 Å². The van der Waals surface area contributed by atoms with E-state index in [-0.39, 0.29) is 29.4 Å². The second-order valence-corrected chi connectivity index (χ2v) is 6.05. The Morgan fingerprint density at radius 3 is 2.57 bits per heavy atom. The van der Waals surface area contributed by atoms with Gasteiger partial charge in [0.2, 0.25) is 11.8 Å². The molecule has 6 nitrogen and oxygen atoms in total. The van der Waals surface area contributed by atoms with E-state index in [2.05, 4.69) is 15.8 Å². The molecule has 1 aromatic carbocycles. The molecule has 0 aliphatic heterocycles. The molecule has 0 unspecified atom stereocenters. The molecule has 0 saturated heterocycles. The molecule has 1 heterocycles. The standard InChI is InChI=1S/C16H19N3O3S/c1-11-8-14(19-22-11)18-16(21)10-23-9-15(20)17-12(2)13-6-4-3-5-7-13/h3-8,12H,9-10H2,1-2H3,(H,17,20)(H,18,19,21)/t12-/m0/s1. The average molecular weight is 333 g/mol. The Bertz CT molecular complexity index is 658. The van der Waals surface area contributed by atoms with Crippen molar-refractivity contribution in [1.82, 2.24) is 10.5 Å². The first-order valence-corrected chi connectivity index (χ1v) is 8.35. The fourth-order valence-corrected chi connectivity index (χ4v) is 2.58. The van der Waals surface area contributed by atoms with Crippen LogP contribution in [-0.4, -0.2) is 28.5 Å². The Labute approximate surface area is 139 Å². The molecule has 0 spiro atoms. The maximum absolute atomic E-state index is 11.9. The van der Waals surface area contributed by atoms with Crippen LogP contribution in [0.4, 0.5) is 5.82 Å². The molecule has 0 aliphatic rings. The van der Waals surface area contributed by atoms with Crippen LogP contribution in [0.25, 0.3) is 0 Å². The summed E-state index contributed by atoms with van der Waals surface area (Å²) in [6, 6.07) is 11.3. The van der Waals surface area contributed by atoms with Crippen LogP contribution in [0.1, 0.15) is 24.3 Å². The lowest BCUT2D eigenvalue weighted by Crippen LogP contribution is -2.28. The molecule has 0 bridgehead atoms. The van der Waals surface area contributed by atoms with Crippen LogP contribution in [0.5, 0.6) is 0 Å². The van der Waals surface area contributed by atoms with Crippen molar-refractivity contribution in [3.8, 4) is 0 Å². The molecule has 2 rings (SSSR count). The highest BCUT2D eigenvalue weighted by Gasteiger charge is 2.11. The summed E-state index contributed by atoms with van der Waals surface area (Å²) in [4.78, 5) is 23.6. The van der Waals surface area contributed by atoms with Crippen molar-refractivity contribution in [2.24, 2.45) is 0 Å². The molecule has 1 aromatic heterocycles. The number of carbonyl (C=O) groups excluding carboxylic acids is 2. The van der Waals surface area contributed by atoms with Crippen LogP contribution in [0.15, 0.2) is 40.9 Å². The Morgan fingerprint density at radius 2 is 1.91 bits per heavy atom. The van der Waals surface area contributed by atoms with E-state index in [9.17, 15) is 9.59 Å². The van der Waals surface area contributed by atoms with E-state index in [1.54, 1.807) is 13.0 Å². The second-order valence-electron chi connectivity index (χ2n) is 5.06. The summed E-state index contributed by atoms with van der Waals surface area (Å²) in [5.41, 5.74) is 1.05. The quantitative estimate of drug-likeness (QED) is 0.813. The number of amides is 2. The third-order valence-corrected chi connectivity index (χ3v) is 3.97. The lowest BCUT2D eigenvalue weighted by Gasteiger charge is -2.13. The normalized spacial score (nSPS) is 11.7. The Morgan fingerprint density at radius 1 is 1.22 bits per heavy atom. The zero-order valence-corrected chi connectivity index (χ0v) is 13.9. The molecule has 0 aliphatic carbocycles. The number of hydrogen-bond acceptors (Lipinski definition) is 5. The molecule has 0 fully saturated rings. The van der Waals surface area contributed by atoms with Crippen molar-refractivity contribution in [3.63, 3.8) is 0 Å². The summed E-state index contributed by atoms with van der Waals surface area (Å²) >= 11 is 1.25. The lowest BCUT2D eigenvalue weighted by atomic mass is 10.1. The van der Waals surface area contributed by atoms with E-state index in [0.29, 0.717) is 11.6 Å². The van der Waals surface area contributed by atoms with Gasteiger partial charge < -0.3 is 15.2 Å². The molecule has 122 valence electrons. The predicted octanol–water partition coefficient (Wildman–Crippen LogP) is 2.53. The highest BCUT2D eigenvalue weighted by molar-refractivity contribution is 8.00. The number of thioether (sulfide) groups is 1. The summed E-state index contributed by atoms with van der Waals surface area (Å²) in [6.07, 6.45) is 0. The molecular formula is C16H19N3O3S. The monoisotopic (exact) mass is 333 g/mol. The highest BCUT2D eigenvalue weighted by Crippen LogP contribution is 2.12. The minimum Gasteiger partial charge on any atom is -0.360 e. The Hall–Kier alpha value is -2.28. The summed E-state index contributed by atoms with van der Waals surface area (Å²) < 4.78 is 4.86. The number of aryl methyl sites for hydroxylation is 1. The van der Waals surface area contributed by atoms with Crippen LogP contribution in [0.2, 0.25) is 0 Å². The zero-order chi connectivity index (χ0) is 16.7. The van der Waals surface area contributed by atoms with Crippen LogP contribution >= 0.6 is 11.8 Å². The van der Waals surface area contributed by atoms with Crippen molar-refractivity contribution in [2.45, 2.75) is 19.9 Å². The average Bonchev–Trinajstić information content (AvgIpc) is 2.93. The second kappa shape index (κ2) is 8.38. The van der Waals surface area contributed by atoms with Crippen LogP contribution in [0.3, 0.4) is 0 Å². The van der Waals surface area contributed by atoms with E-state index in [4.69, 9.17) is 4.52 Å². The third kappa shape index (κ3) is 5.78. The number of aromatic nitrogens is 1. The van der Waals surface area contributed by atoms with Crippen molar-refractivity contribution in [3.05, 3.63) is 47.7 Å². The summed E-state index contributed by atoms with van der Waals surface area (Å²) in [7, 11) is 0. The molecular weight excluding hydrogens is 314 g/mol. The Balaban J connectivity index is 1.67. The van der Waals surface area contributed by atoms with Gasteiger partial charge >= 0.3 is 0 Å². The van der Waals surface area contributed by atoms with Crippen LogP contribution in [0, 0.1) is 6.92 Å². The lowest BCUT2D eigenvalue weighted by molar-refractivity contribution is -0.119. The summed E-state index contributed by atoms with van der Waals surface area (Å²) in [5, 5.41) is 9.19. The highest BCUT2D eigenvalue weighted by atomic mass is 32.2. The molecule has 0 saturated carbocycles. The molecule has 0 radical (unpaired) electrons. The molecule has 1 atom stereocenters. The number of benzene rings is 1. The zero-order valence-electron chi connectivity index (χ0n) is 13.0. The summed E-state index contributed by atoms with van der Waals surface area (Å²) in [6.45, 7) is 3.67. The van der Waals surface area contributed by atoms with Gasteiger partial charge in [-0.25, -0.2) is 0 Å². The first-order valence-electron chi connectivity index (χ1n) is 7.20. The van der Waals surface area contributed by atoms with Crippen molar-refractivity contribution < 1.29 is 14.1 Å². The number of nitrogens with one attached hydrogen (secondary N) is 2. The van der Waals surface area contributed by atoms with E-state index in [1.807, 2.05) is 37.3 Å². The van der Waals surface area contributed by atoms with Crippen molar-refractivity contribution in [2.75, 3.05) is 16.8 Å². The minimum absolute atomic E-state index is 0.0590. The summed E-state index contributed by atoms with van der Waals surface area (Å²) in [5.74, 6) is 1.10. The number of nitrogens with zero attached hydrogens (tertiary/aromatic N) is 1.